The number of aromatic nitrogens is 4. The van der Waals surface area contributed by atoms with Crippen LogP contribution in [-0.4, -0.2) is 26.6 Å². The zero-order valence-electron chi connectivity index (χ0n) is 12.9. The van der Waals surface area contributed by atoms with Crippen molar-refractivity contribution in [2.75, 3.05) is 12.4 Å². The first kappa shape index (κ1) is 14.3. The lowest BCUT2D eigenvalue weighted by molar-refractivity contribution is 0.397. The molecule has 0 fully saturated rings. The van der Waals surface area contributed by atoms with E-state index in [0.717, 1.165) is 23.4 Å². The highest BCUT2D eigenvalue weighted by Gasteiger charge is 2.16. The lowest BCUT2D eigenvalue weighted by atomic mass is 10.3. The molecule has 0 aliphatic rings. The van der Waals surface area contributed by atoms with Gasteiger partial charge in [-0.25, -0.2) is 9.97 Å². The molecular formula is C16H19N5O. The number of fused-ring (bicyclic) bond motifs is 1. The van der Waals surface area contributed by atoms with Gasteiger partial charge in [-0.1, -0.05) is 12.1 Å². The second kappa shape index (κ2) is 6.01. The molecule has 1 unspecified atom stereocenters. The number of hydrogen-bond donors (Lipinski definition) is 1. The number of rotatable bonds is 5. The Labute approximate surface area is 129 Å². The molecule has 0 saturated carbocycles. The van der Waals surface area contributed by atoms with Crippen molar-refractivity contribution in [2.45, 2.75) is 26.4 Å². The fourth-order valence-electron chi connectivity index (χ4n) is 2.54. The first-order chi connectivity index (χ1) is 10.7. The van der Waals surface area contributed by atoms with E-state index in [4.69, 9.17) is 9.72 Å². The molecule has 0 amide bonds. The molecule has 1 N–H and O–H groups in total. The predicted octanol–water partition coefficient (Wildman–Crippen LogP) is 3.03. The number of nitrogens with zero attached hydrogens (tertiary/aromatic N) is 4. The second-order valence-corrected chi connectivity index (χ2v) is 4.99. The molecule has 114 valence electrons. The highest BCUT2D eigenvalue weighted by atomic mass is 16.5. The normalized spacial score (nSPS) is 12.3. The molecule has 2 aromatic heterocycles. The third-order valence-electron chi connectivity index (χ3n) is 3.57. The van der Waals surface area contributed by atoms with Crippen molar-refractivity contribution in [1.82, 2.24) is 19.5 Å². The fourth-order valence-corrected chi connectivity index (χ4v) is 2.54. The van der Waals surface area contributed by atoms with Crippen LogP contribution in [0.1, 0.15) is 25.7 Å². The summed E-state index contributed by atoms with van der Waals surface area (Å²) in [5.41, 5.74) is 2.14. The van der Waals surface area contributed by atoms with Crippen LogP contribution in [0.2, 0.25) is 0 Å². The van der Waals surface area contributed by atoms with Crippen molar-refractivity contribution in [1.29, 1.82) is 0 Å². The van der Waals surface area contributed by atoms with Crippen molar-refractivity contribution < 1.29 is 4.74 Å². The Hall–Kier alpha value is -2.63. The molecule has 0 bridgehead atoms. The van der Waals surface area contributed by atoms with Gasteiger partial charge in [-0.2, -0.15) is 4.98 Å². The van der Waals surface area contributed by atoms with Crippen LogP contribution in [0.25, 0.3) is 11.0 Å². The maximum atomic E-state index is 5.12. The van der Waals surface area contributed by atoms with E-state index in [1.807, 2.05) is 18.2 Å². The van der Waals surface area contributed by atoms with Crippen molar-refractivity contribution in [3.05, 3.63) is 42.4 Å². The monoisotopic (exact) mass is 297 g/mol. The van der Waals surface area contributed by atoms with Crippen LogP contribution in [0.4, 0.5) is 5.95 Å². The van der Waals surface area contributed by atoms with Crippen molar-refractivity contribution in [3.8, 4) is 5.88 Å². The zero-order chi connectivity index (χ0) is 15.5. The molecule has 0 spiro atoms. The Morgan fingerprint density at radius 2 is 2.05 bits per heavy atom. The summed E-state index contributed by atoms with van der Waals surface area (Å²) < 4.78 is 7.32. The van der Waals surface area contributed by atoms with Gasteiger partial charge < -0.3 is 14.6 Å². The standard InChI is InChI=1S/C16H19N5O/c1-4-21-13-8-6-5-7-12(13)19-15(21)11(2)18-16-17-10-9-14(20-16)22-3/h5-11H,4H2,1-3H3,(H,17,18,20). The van der Waals surface area contributed by atoms with Crippen LogP contribution in [0.15, 0.2) is 36.5 Å². The molecule has 1 aromatic carbocycles. The van der Waals surface area contributed by atoms with E-state index < -0.39 is 0 Å². The molecule has 0 saturated heterocycles. The van der Waals surface area contributed by atoms with Gasteiger partial charge in [0, 0.05) is 18.8 Å². The second-order valence-electron chi connectivity index (χ2n) is 4.99. The van der Waals surface area contributed by atoms with E-state index in [1.165, 1.54) is 0 Å². The molecule has 3 rings (SSSR count). The lowest BCUT2D eigenvalue weighted by Crippen LogP contribution is -2.15. The summed E-state index contributed by atoms with van der Waals surface area (Å²) in [6.45, 7) is 5.03. The molecule has 2 heterocycles. The zero-order valence-corrected chi connectivity index (χ0v) is 12.9. The largest absolute Gasteiger partial charge is 0.481 e. The summed E-state index contributed by atoms with van der Waals surface area (Å²) in [5, 5.41) is 3.28. The van der Waals surface area contributed by atoms with Gasteiger partial charge in [0.05, 0.1) is 24.2 Å². The van der Waals surface area contributed by atoms with Gasteiger partial charge in [-0.15, -0.1) is 0 Å². The summed E-state index contributed by atoms with van der Waals surface area (Å²) in [5.74, 6) is 2.03. The molecular weight excluding hydrogens is 278 g/mol. The number of imidazole rings is 1. The smallest absolute Gasteiger partial charge is 0.226 e. The highest BCUT2D eigenvalue weighted by Crippen LogP contribution is 2.23. The van der Waals surface area contributed by atoms with Crippen molar-refractivity contribution >= 4 is 17.0 Å². The van der Waals surface area contributed by atoms with Crippen molar-refractivity contribution in [2.24, 2.45) is 0 Å². The van der Waals surface area contributed by atoms with E-state index in [2.05, 4.69) is 39.8 Å². The van der Waals surface area contributed by atoms with Gasteiger partial charge >= 0.3 is 0 Å². The Kier molecular flexibility index (Phi) is 3.91. The van der Waals surface area contributed by atoms with E-state index in [1.54, 1.807) is 19.4 Å². The average Bonchev–Trinajstić information content (AvgIpc) is 2.93. The van der Waals surface area contributed by atoms with Gasteiger partial charge in [0.2, 0.25) is 11.8 Å². The molecule has 6 heteroatoms. The number of nitrogens with one attached hydrogen (secondary N) is 1. The maximum absolute atomic E-state index is 5.12. The number of ether oxygens (including phenoxy) is 1. The van der Waals surface area contributed by atoms with Gasteiger partial charge in [0.25, 0.3) is 0 Å². The van der Waals surface area contributed by atoms with Crippen LogP contribution < -0.4 is 10.1 Å². The number of hydrogen-bond acceptors (Lipinski definition) is 5. The first-order valence-corrected chi connectivity index (χ1v) is 7.31. The topological polar surface area (TPSA) is 64.9 Å². The molecule has 0 aliphatic carbocycles. The van der Waals surface area contributed by atoms with E-state index >= 15 is 0 Å². The van der Waals surface area contributed by atoms with E-state index in [0.29, 0.717) is 11.8 Å². The highest BCUT2D eigenvalue weighted by molar-refractivity contribution is 5.76. The van der Waals surface area contributed by atoms with Crippen LogP contribution in [-0.2, 0) is 6.54 Å². The molecule has 1 atom stereocenters. The number of methoxy groups -OCH3 is 1. The SMILES string of the molecule is CCn1c(C(C)Nc2nccc(OC)n2)nc2ccccc21. The van der Waals surface area contributed by atoms with Crippen LogP contribution in [0.3, 0.4) is 0 Å². The average molecular weight is 297 g/mol. The van der Waals surface area contributed by atoms with E-state index in [9.17, 15) is 0 Å². The maximum Gasteiger partial charge on any atom is 0.226 e. The van der Waals surface area contributed by atoms with Gasteiger partial charge in [-0.05, 0) is 26.0 Å². The summed E-state index contributed by atoms with van der Waals surface area (Å²) in [6.07, 6.45) is 1.67. The molecule has 0 aliphatic heterocycles. The number of anilines is 1. The third-order valence-corrected chi connectivity index (χ3v) is 3.57. The summed E-state index contributed by atoms with van der Waals surface area (Å²) >= 11 is 0. The summed E-state index contributed by atoms with van der Waals surface area (Å²) in [7, 11) is 1.59. The third kappa shape index (κ3) is 2.59. The van der Waals surface area contributed by atoms with E-state index in [-0.39, 0.29) is 6.04 Å². The van der Waals surface area contributed by atoms with Gasteiger partial charge in [0.15, 0.2) is 0 Å². The molecule has 0 radical (unpaired) electrons. The predicted molar refractivity (Wildman–Crippen MR) is 86.0 cm³/mol. The molecule has 3 aromatic rings. The Morgan fingerprint density at radius 3 is 2.82 bits per heavy atom. The minimum Gasteiger partial charge on any atom is -0.481 e. The molecule has 6 nitrogen and oxygen atoms in total. The number of aryl methyl sites for hydroxylation is 1. The first-order valence-electron chi connectivity index (χ1n) is 7.31. The molecule has 22 heavy (non-hydrogen) atoms. The Morgan fingerprint density at radius 1 is 1.23 bits per heavy atom. The van der Waals surface area contributed by atoms with Gasteiger partial charge in [0.1, 0.15) is 5.82 Å². The lowest BCUT2D eigenvalue weighted by Gasteiger charge is -2.15. The Bertz CT molecular complexity index is 783. The fraction of sp³-hybridized carbons (Fsp3) is 0.312. The van der Waals surface area contributed by atoms with Crippen molar-refractivity contribution in [3.63, 3.8) is 0 Å². The van der Waals surface area contributed by atoms with Crippen LogP contribution >= 0.6 is 0 Å². The summed E-state index contributed by atoms with van der Waals surface area (Å²) in [6, 6.07) is 9.85. The summed E-state index contributed by atoms with van der Waals surface area (Å²) in [4.78, 5) is 13.2. The minimum atomic E-state index is -0.0144. The quantitative estimate of drug-likeness (QED) is 0.784. The van der Waals surface area contributed by atoms with Crippen LogP contribution in [0, 0.1) is 0 Å². The van der Waals surface area contributed by atoms with Gasteiger partial charge in [-0.3, -0.25) is 0 Å². The minimum absolute atomic E-state index is 0.0144. The number of para-hydroxylation sites is 2. The van der Waals surface area contributed by atoms with Crippen LogP contribution in [0.5, 0.6) is 5.88 Å². The number of benzene rings is 1. The Balaban J connectivity index is 1.92.